The van der Waals surface area contributed by atoms with Gasteiger partial charge in [-0.15, -0.1) is 5.11 Å². The summed E-state index contributed by atoms with van der Waals surface area (Å²) in [4.78, 5) is 44.0. The Morgan fingerprint density at radius 3 is 2.49 bits per heavy atom. The first kappa shape index (κ1) is 29.7. The Kier molecular flexibility index (Phi) is 8.74. The van der Waals surface area contributed by atoms with Crippen molar-refractivity contribution in [3.63, 3.8) is 0 Å². The number of amides is 4. The van der Waals surface area contributed by atoms with Gasteiger partial charge in [-0.3, -0.25) is 24.9 Å². The molecule has 0 aromatic heterocycles. The van der Waals surface area contributed by atoms with Gasteiger partial charge in [0.2, 0.25) is 5.96 Å². The highest BCUT2D eigenvalue weighted by molar-refractivity contribution is 6.29. The molecule has 0 saturated carbocycles. The number of aliphatic imine (C=N–C) groups is 1. The van der Waals surface area contributed by atoms with E-state index in [1.807, 2.05) is 13.8 Å². The Morgan fingerprint density at radius 1 is 1.17 bits per heavy atom. The molecule has 41 heavy (non-hydrogen) atoms. The molecule has 4 aliphatic heterocycles. The van der Waals surface area contributed by atoms with E-state index in [1.54, 1.807) is 17.1 Å². The summed E-state index contributed by atoms with van der Waals surface area (Å²) in [6.07, 6.45) is 3.38. The highest BCUT2D eigenvalue weighted by atomic mass is 35.5. The van der Waals surface area contributed by atoms with Crippen LogP contribution in [0.1, 0.15) is 26.7 Å². The second-order valence-electron chi connectivity index (χ2n) is 10.3. The number of likely N-dealkylation sites (tertiary alicyclic amines) is 1. The normalized spacial score (nSPS) is 25.1. The number of piperidine rings is 1. The summed E-state index contributed by atoms with van der Waals surface area (Å²) in [6.45, 7) is 5.12. The molecule has 2 unspecified atom stereocenters. The third-order valence-electron chi connectivity index (χ3n) is 7.10. The molecule has 0 radical (unpaired) electrons. The number of guanidine groups is 1. The lowest BCUT2D eigenvalue weighted by molar-refractivity contribution is -0.129. The van der Waals surface area contributed by atoms with Crippen molar-refractivity contribution in [2.75, 3.05) is 26.2 Å². The van der Waals surface area contributed by atoms with Gasteiger partial charge in [0.05, 0.1) is 12.1 Å². The van der Waals surface area contributed by atoms with Crippen molar-refractivity contribution < 1.29 is 14.4 Å². The van der Waals surface area contributed by atoms with Crippen molar-refractivity contribution in [1.29, 1.82) is 0 Å². The summed E-state index contributed by atoms with van der Waals surface area (Å²) in [5.41, 5.74) is 5.68. The first-order valence-corrected chi connectivity index (χ1v) is 13.3. The van der Waals surface area contributed by atoms with Gasteiger partial charge < -0.3 is 37.7 Å². The van der Waals surface area contributed by atoms with E-state index in [0.717, 1.165) is 0 Å². The lowest BCUT2D eigenvalue weighted by Crippen LogP contribution is -2.59. The number of rotatable bonds is 5. The van der Waals surface area contributed by atoms with Crippen LogP contribution in [0.4, 0.5) is 4.79 Å². The summed E-state index contributed by atoms with van der Waals surface area (Å²) in [6, 6.07) is -1.40. The fourth-order valence-electron chi connectivity index (χ4n) is 4.94. The summed E-state index contributed by atoms with van der Waals surface area (Å²) in [5, 5.41) is 23.7. The number of hydrogen-bond donors (Lipinski definition) is 9. The zero-order valence-electron chi connectivity index (χ0n) is 22.7. The summed E-state index contributed by atoms with van der Waals surface area (Å²) in [7, 11) is 0. The number of hydrazine groups is 2. The summed E-state index contributed by atoms with van der Waals surface area (Å²) in [5.74, 6) is 17.7. The first-order valence-electron chi connectivity index (χ1n) is 12.9. The standard InChI is InChI=1S/C22H36ClN15O3/c1-11(2)29-20(41)30-13-4-3-12(9-28-13)19(40)36-7-5-22(6-8-36)10-37(26)21(38(22)27)33-18(39)14-17(34-35-25)32-16(24)15(23)31-14/h3-4,11,14,17,28,31-32H,5-10,24,26-27H2,1-2H3,(H2,25,34)(H2,29,30,41)/b33-21+. The molecule has 4 rings (SSSR count). The Labute approximate surface area is 241 Å². The number of dihydropyridines is 1. The molecule has 0 bridgehead atoms. The average Bonchev–Trinajstić information content (AvgIpc) is 3.14. The van der Waals surface area contributed by atoms with Crippen molar-refractivity contribution in [3.05, 3.63) is 34.5 Å². The van der Waals surface area contributed by atoms with E-state index in [4.69, 9.17) is 34.9 Å². The van der Waals surface area contributed by atoms with Crippen LogP contribution in [0, 0.1) is 0 Å². The number of nitrogens with zero attached hydrogens (tertiary/aromatic N) is 6. The number of nitrogens with two attached hydrogens (primary N) is 4. The molecule has 13 N–H and O–H groups in total. The minimum atomic E-state index is -1.07. The van der Waals surface area contributed by atoms with Crippen LogP contribution in [-0.4, -0.2) is 88.7 Å². The topological polar surface area (TPSA) is 262 Å². The van der Waals surface area contributed by atoms with E-state index >= 15 is 0 Å². The zero-order chi connectivity index (χ0) is 29.9. The zero-order valence-corrected chi connectivity index (χ0v) is 23.5. The van der Waals surface area contributed by atoms with Crippen molar-refractivity contribution >= 4 is 35.4 Å². The number of hydrogen-bond acceptors (Lipinski definition) is 11. The van der Waals surface area contributed by atoms with Crippen LogP contribution >= 0.6 is 11.6 Å². The highest BCUT2D eigenvalue weighted by Crippen LogP contribution is 2.33. The average molecular weight is 594 g/mol. The third-order valence-corrected chi connectivity index (χ3v) is 7.41. The number of carbonyl (C=O) groups excluding carboxylic acids is 3. The SMILES string of the molecule is CC(C)NC(=O)NC1=CC=C(C(=O)N2CCC3(CC2)CN(N)/C(=N\C(=O)C2NC(Cl)=C(N)NC2N=NN)N3N)CN1. The predicted octanol–water partition coefficient (Wildman–Crippen LogP) is -2.79. The monoisotopic (exact) mass is 593 g/mol. The van der Waals surface area contributed by atoms with Crippen LogP contribution in [0.5, 0.6) is 0 Å². The van der Waals surface area contributed by atoms with E-state index in [-0.39, 0.29) is 41.5 Å². The van der Waals surface area contributed by atoms with Crippen LogP contribution in [0.3, 0.4) is 0 Å². The van der Waals surface area contributed by atoms with Crippen LogP contribution < -0.4 is 49.8 Å². The van der Waals surface area contributed by atoms with E-state index in [1.165, 1.54) is 10.0 Å². The molecule has 0 aromatic rings. The van der Waals surface area contributed by atoms with Gasteiger partial charge in [0.1, 0.15) is 16.8 Å². The maximum Gasteiger partial charge on any atom is 0.320 e. The van der Waals surface area contributed by atoms with E-state index in [2.05, 4.69) is 41.9 Å². The van der Waals surface area contributed by atoms with E-state index < -0.39 is 23.7 Å². The lowest BCUT2D eigenvalue weighted by Gasteiger charge is -2.42. The quantitative estimate of drug-likeness (QED) is 0.0678. The lowest BCUT2D eigenvalue weighted by atomic mass is 9.87. The molecule has 2 fully saturated rings. The van der Waals surface area contributed by atoms with Crippen LogP contribution in [-0.2, 0) is 9.59 Å². The molecule has 0 aliphatic carbocycles. The maximum absolute atomic E-state index is 13.2. The highest BCUT2D eigenvalue weighted by Gasteiger charge is 2.49. The van der Waals surface area contributed by atoms with Crippen LogP contribution in [0.15, 0.2) is 49.9 Å². The Bertz CT molecular complexity index is 1220. The van der Waals surface area contributed by atoms with Crippen LogP contribution in [0.2, 0.25) is 0 Å². The number of halogens is 1. The van der Waals surface area contributed by atoms with Gasteiger partial charge in [-0.25, -0.2) is 16.5 Å². The number of allylic oxidation sites excluding steroid dienone is 2. The van der Waals surface area contributed by atoms with Crippen molar-refractivity contribution in [1.82, 2.24) is 41.5 Å². The van der Waals surface area contributed by atoms with Gasteiger partial charge >= 0.3 is 6.03 Å². The molecule has 1 spiro atoms. The number of nitrogens with one attached hydrogen (secondary N) is 5. The van der Waals surface area contributed by atoms with Gasteiger partial charge in [-0.1, -0.05) is 16.8 Å². The fourth-order valence-corrected chi connectivity index (χ4v) is 5.11. The first-order chi connectivity index (χ1) is 19.4. The maximum atomic E-state index is 13.2. The Morgan fingerprint density at radius 2 is 1.88 bits per heavy atom. The Balaban J connectivity index is 1.38. The smallest absolute Gasteiger partial charge is 0.320 e. The van der Waals surface area contributed by atoms with Gasteiger partial charge in [0.25, 0.3) is 11.8 Å². The van der Waals surface area contributed by atoms with Crippen molar-refractivity contribution in [2.45, 2.75) is 50.5 Å². The largest absolute Gasteiger partial charge is 0.383 e. The molecule has 4 heterocycles. The van der Waals surface area contributed by atoms with Gasteiger partial charge in [0.15, 0.2) is 12.2 Å². The van der Waals surface area contributed by atoms with Crippen molar-refractivity contribution in [2.24, 2.45) is 38.6 Å². The molecular weight excluding hydrogens is 558 g/mol. The predicted molar refractivity (Wildman–Crippen MR) is 149 cm³/mol. The molecular formula is C22H36ClN15O3. The van der Waals surface area contributed by atoms with E-state index in [9.17, 15) is 14.4 Å². The summed E-state index contributed by atoms with van der Waals surface area (Å²) < 4.78 is 0. The molecule has 4 amide bonds. The summed E-state index contributed by atoms with van der Waals surface area (Å²) >= 11 is 6.04. The molecule has 4 aliphatic rings. The van der Waals surface area contributed by atoms with Crippen molar-refractivity contribution in [3.8, 4) is 0 Å². The number of carbonyl (C=O) groups is 3. The van der Waals surface area contributed by atoms with Crippen LogP contribution in [0.25, 0.3) is 0 Å². The molecule has 19 heteroatoms. The van der Waals surface area contributed by atoms with Gasteiger partial charge in [0, 0.05) is 31.2 Å². The van der Waals surface area contributed by atoms with E-state index in [0.29, 0.717) is 43.9 Å². The Hall–Kier alpha value is -4.29. The fraction of sp³-hybridized carbons (Fsp3) is 0.545. The molecule has 224 valence electrons. The molecule has 2 saturated heterocycles. The minimum absolute atomic E-state index is 0.00341. The second-order valence-corrected chi connectivity index (χ2v) is 10.7. The molecule has 2 atom stereocenters. The third kappa shape index (κ3) is 6.39. The molecule has 0 aromatic carbocycles. The van der Waals surface area contributed by atoms with Gasteiger partial charge in [-0.2, -0.15) is 4.99 Å². The molecule has 18 nitrogen and oxygen atoms in total. The minimum Gasteiger partial charge on any atom is -0.383 e. The second kappa shape index (κ2) is 12.1. The van der Waals surface area contributed by atoms with Gasteiger partial charge in [-0.05, 0) is 38.8 Å². The number of urea groups is 1.